The minimum absolute atomic E-state index is 0.251. The maximum Gasteiger partial charge on any atom is 0.415 e. The van der Waals surface area contributed by atoms with Gasteiger partial charge in [-0.05, 0) is 25.0 Å². The van der Waals surface area contributed by atoms with Crippen molar-refractivity contribution in [2.24, 2.45) is 11.7 Å². The fourth-order valence-electron chi connectivity index (χ4n) is 2.00. The van der Waals surface area contributed by atoms with E-state index in [1.807, 2.05) is 18.2 Å². The molecule has 18 heavy (non-hydrogen) atoms. The Morgan fingerprint density at radius 3 is 2.44 bits per heavy atom. The van der Waals surface area contributed by atoms with Crippen molar-refractivity contribution in [2.45, 2.75) is 12.8 Å². The summed E-state index contributed by atoms with van der Waals surface area (Å²) < 4.78 is 5.27. The quantitative estimate of drug-likeness (QED) is 0.832. The standard InChI is InChI=1S/C13H16N2O2S/c14-12(18)10-6-8-15(9-7-10)13(16)17-11-4-2-1-3-5-11/h1-5,10H,6-9H2,(H2,14,18). The van der Waals surface area contributed by atoms with Gasteiger partial charge in [0.25, 0.3) is 0 Å². The van der Waals surface area contributed by atoms with E-state index in [0.717, 1.165) is 12.8 Å². The number of para-hydroxylation sites is 1. The number of hydrogen-bond donors (Lipinski definition) is 1. The van der Waals surface area contributed by atoms with E-state index in [9.17, 15) is 4.79 Å². The van der Waals surface area contributed by atoms with Gasteiger partial charge in [0.15, 0.2) is 0 Å². The Labute approximate surface area is 112 Å². The molecular weight excluding hydrogens is 248 g/mol. The second kappa shape index (κ2) is 5.82. The Kier molecular flexibility index (Phi) is 4.15. The van der Waals surface area contributed by atoms with E-state index >= 15 is 0 Å². The molecule has 0 saturated carbocycles. The molecular formula is C13H16N2O2S. The summed E-state index contributed by atoms with van der Waals surface area (Å²) in [5.41, 5.74) is 5.61. The van der Waals surface area contributed by atoms with Gasteiger partial charge >= 0.3 is 6.09 Å². The summed E-state index contributed by atoms with van der Waals surface area (Å²) in [6.45, 7) is 1.29. The van der Waals surface area contributed by atoms with Crippen molar-refractivity contribution < 1.29 is 9.53 Å². The molecule has 4 nitrogen and oxygen atoms in total. The molecule has 1 aromatic rings. The summed E-state index contributed by atoms with van der Waals surface area (Å²) >= 11 is 4.97. The first kappa shape index (κ1) is 12.8. The van der Waals surface area contributed by atoms with Gasteiger partial charge in [0, 0.05) is 19.0 Å². The predicted octanol–water partition coefficient (Wildman–Crippen LogP) is 2.18. The Morgan fingerprint density at radius 1 is 1.28 bits per heavy atom. The highest BCUT2D eigenvalue weighted by Crippen LogP contribution is 2.19. The van der Waals surface area contributed by atoms with Gasteiger partial charge in [-0.15, -0.1) is 0 Å². The number of rotatable bonds is 2. The number of benzene rings is 1. The van der Waals surface area contributed by atoms with Crippen molar-refractivity contribution in [3.63, 3.8) is 0 Å². The van der Waals surface area contributed by atoms with Crippen molar-refractivity contribution in [1.82, 2.24) is 4.90 Å². The van der Waals surface area contributed by atoms with Gasteiger partial charge in [-0.3, -0.25) is 0 Å². The van der Waals surface area contributed by atoms with Crippen LogP contribution in [0.2, 0.25) is 0 Å². The third-order valence-electron chi connectivity index (χ3n) is 3.10. The summed E-state index contributed by atoms with van der Waals surface area (Å²) in [4.78, 5) is 14.1. The monoisotopic (exact) mass is 264 g/mol. The number of carbonyl (C=O) groups is 1. The molecule has 1 aromatic carbocycles. The highest BCUT2D eigenvalue weighted by molar-refractivity contribution is 7.80. The molecule has 1 amide bonds. The largest absolute Gasteiger partial charge is 0.415 e. The molecule has 1 aliphatic heterocycles. The van der Waals surface area contributed by atoms with Crippen molar-refractivity contribution >= 4 is 23.3 Å². The van der Waals surface area contributed by atoms with Crippen LogP contribution in [0.25, 0.3) is 0 Å². The summed E-state index contributed by atoms with van der Waals surface area (Å²) in [5, 5.41) is 0. The van der Waals surface area contributed by atoms with Crippen molar-refractivity contribution in [1.29, 1.82) is 0 Å². The van der Waals surface area contributed by atoms with E-state index in [1.54, 1.807) is 17.0 Å². The number of hydrogen-bond acceptors (Lipinski definition) is 3. The first-order chi connectivity index (χ1) is 8.66. The number of ether oxygens (including phenoxy) is 1. The molecule has 0 radical (unpaired) electrons. The molecule has 0 aromatic heterocycles. The molecule has 0 spiro atoms. The second-order valence-corrected chi connectivity index (χ2v) is 4.82. The third kappa shape index (κ3) is 3.20. The first-order valence-electron chi connectivity index (χ1n) is 5.98. The Morgan fingerprint density at radius 2 is 1.89 bits per heavy atom. The van der Waals surface area contributed by atoms with Crippen LogP contribution in [0.1, 0.15) is 12.8 Å². The van der Waals surface area contributed by atoms with Gasteiger partial charge in [0.1, 0.15) is 5.75 Å². The van der Waals surface area contributed by atoms with Gasteiger partial charge in [-0.25, -0.2) is 4.79 Å². The lowest BCUT2D eigenvalue weighted by Crippen LogP contribution is -2.42. The lowest BCUT2D eigenvalue weighted by molar-refractivity contribution is 0.138. The first-order valence-corrected chi connectivity index (χ1v) is 6.39. The summed E-state index contributed by atoms with van der Waals surface area (Å²) in [5.74, 6) is 0.819. The highest BCUT2D eigenvalue weighted by atomic mass is 32.1. The third-order valence-corrected chi connectivity index (χ3v) is 3.44. The lowest BCUT2D eigenvalue weighted by atomic mass is 9.97. The predicted molar refractivity (Wildman–Crippen MR) is 73.5 cm³/mol. The number of nitrogens with zero attached hydrogens (tertiary/aromatic N) is 1. The Bertz CT molecular complexity index is 428. The van der Waals surface area contributed by atoms with Crippen LogP contribution in [-0.2, 0) is 0 Å². The van der Waals surface area contributed by atoms with Gasteiger partial charge < -0.3 is 15.4 Å². The molecule has 1 fully saturated rings. The highest BCUT2D eigenvalue weighted by Gasteiger charge is 2.25. The average Bonchev–Trinajstić information content (AvgIpc) is 2.40. The normalized spacial score (nSPS) is 16.3. The van der Waals surface area contributed by atoms with Gasteiger partial charge in [-0.1, -0.05) is 30.4 Å². The van der Waals surface area contributed by atoms with Crippen LogP contribution in [0, 0.1) is 5.92 Å². The van der Waals surface area contributed by atoms with E-state index < -0.39 is 0 Å². The van der Waals surface area contributed by atoms with Crippen LogP contribution in [-0.4, -0.2) is 29.1 Å². The van der Waals surface area contributed by atoms with Crippen LogP contribution in [0.4, 0.5) is 4.79 Å². The number of piperidine rings is 1. The minimum Gasteiger partial charge on any atom is -0.410 e. The summed E-state index contributed by atoms with van der Waals surface area (Å²) in [6.07, 6.45) is 1.33. The average molecular weight is 264 g/mol. The topological polar surface area (TPSA) is 55.6 Å². The molecule has 0 aliphatic carbocycles. The van der Waals surface area contributed by atoms with Crippen LogP contribution in [0.5, 0.6) is 5.75 Å². The SMILES string of the molecule is NC(=S)C1CCN(C(=O)Oc2ccccc2)CC1. The zero-order valence-electron chi connectivity index (χ0n) is 10.0. The van der Waals surface area contributed by atoms with Crippen LogP contribution in [0.3, 0.4) is 0 Å². The minimum atomic E-state index is -0.303. The van der Waals surface area contributed by atoms with E-state index in [1.165, 1.54) is 0 Å². The number of carbonyl (C=O) groups excluding carboxylic acids is 1. The fraction of sp³-hybridized carbons (Fsp3) is 0.385. The number of amides is 1. The van der Waals surface area contributed by atoms with Crippen molar-refractivity contribution in [2.75, 3.05) is 13.1 Å². The van der Waals surface area contributed by atoms with Crippen LogP contribution < -0.4 is 10.5 Å². The molecule has 5 heteroatoms. The lowest BCUT2D eigenvalue weighted by Gasteiger charge is -2.30. The molecule has 2 rings (SSSR count). The van der Waals surface area contributed by atoms with Gasteiger partial charge in [0.05, 0.1) is 4.99 Å². The molecule has 0 atom stereocenters. The van der Waals surface area contributed by atoms with Crippen molar-refractivity contribution in [3.8, 4) is 5.75 Å². The molecule has 1 saturated heterocycles. The fourth-order valence-corrected chi connectivity index (χ4v) is 2.24. The smallest absolute Gasteiger partial charge is 0.410 e. The number of likely N-dealkylation sites (tertiary alicyclic amines) is 1. The van der Waals surface area contributed by atoms with Crippen LogP contribution >= 0.6 is 12.2 Å². The maximum atomic E-state index is 11.9. The van der Waals surface area contributed by atoms with E-state index in [-0.39, 0.29) is 12.0 Å². The Hall–Kier alpha value is -1.62. The van der Waals surface area contributed by atoms with Gasteiger partial charge in [-0.2, -0.15) is 0 Å². The van der Waals surface area contributed by atoms with Gasteiger partial charge in [0.2, 0.25) is 0 Å². The number of thiocarbonyl (C=S) groups is 1. The zero-order valence-corrected chi connectivity index (χ0v) is 10.9. The molecule has 0 unspecified atom stereocenters. The summed E-state index contributed by atoms with van der Waals surface area (Å²) in [6, 6.07) is 9.08. The second-order valence-electron chi connectivity index (χ2n) is 4.34. The molecule has 1 heterocycles. The maximum absolute atomic E-state index is 11.9. The molecule has 0 bridgehead atoms. The van der Waals surface area contributed by atoms with E-state index in [4.69, 9.17) is 22.7 Å². The zero-order chi connectivity index (χ0) is 13.0. The van der Waals surface area contributed by atoms with E-state index in [0.29, 0.717) is 23.8 Å². The molecule has 96 valence electrons. The molecule has 2 N–H and O–H groups in total. The molecule has 1 aliphatic rings. The number of nitrogens with two attached hydrogens (primary N) is 1. The van der Waals surface area contributed by atoms with E-state index in [2.05, 4.69) is 0 Å². The van der Waals surface area contributed by atoms with Crippen LogP contribution in [0.15, 0.2) is 30.3 Å². The summed E-state index contributed by atoms with van der Waals surface area (Å²) in [7, 11) is 0. The van der Waals surface area contributed by atoms with Crippen molar-refractivity contribution in [3.05, 3.63) is 30.3 Å². The Balaban J connectivity index is 1.86.